The maximum Gasteiger partial charge on any atom is 0.330 e. The summed E-state index contributed by atoms with van der Waals surface area (Å²) in [6.45, 7) is 11.2. The highest BCUT2D eigenvalue weighted by Gasteiger charge is 2.04. The van der Waals surface area contributed by atoms with E-state index >= 15 is 0 Å². The van der Waals surface area contributed by atoms with E-state index in [-0.39, 0.29) is 5.97 Å². The Hall–Kier alpha value is -1.57. The number of rotatable bonds is 11. The van der Waals surface area contributed by atoms with Crippen LogP contribution in [0.15, 0.2) is 48.6 Å². The van der Waals surface area contributed by atoms with Crippen LogP contribution in [0, 0.1) is 17.8 Å². The van der Waals surface area contributed by atoms with Crippen molar-refractivity contribution < 1.29 is 9.53 Å². The summed E-state index contributed by atoms with van der Waals surface area (Å²) < 4.78 is 4.80. The van der Waals surface area contributed by atoms with Crippen molar-refractivity contribution >= 4 is 5.97 Å². The van der Waals surface area contributed by atoms with Gasteiger partial charge in [-0.15, -0.1) is 0 Å². The molecule has 0 radical (unpaired) electrons. The zero-order chi connectivity index (χ0) is 17.5. The van der Waals surface area contributed by atoms with E-state index in [0.717, 1.165) is 6.42 Å². The Kier molecular flexibility index (Phi) is 13.1. The summed E-state index contributed by atoms with van der Waals surface area (Å²) >= 11 is 0. The number of hydrogen-bond donors (Lipinski definition) is 0. The van der Waals surface area contributed by atoms with Gasteiger partial charge in [-0.1, -0.05) is 76.6 Å². The smallest absolute Gasteiger partial charge is 0.330 e. The average Bonchev–Trinajstić information content (AvgIpc) is 2.50. The SMILES string of the molecule is CCOC(=O)/C=C/C=C/C=C/[C@H](C)C[C@@H](C)C/C=C/[C@H](C)CC. The topological polar surface area (TPSA) is 26.3 Å². The molecule has 0 amide bonds. The molecule has 0 aromatic heterocycles. The Morgan fingerprint density at radius 3 is 2.30 bits per heavy atom. The molecule has 0 rings (SSSR count). The number of carbonyl (C=O) groups is 1. The number of allylic oxidation sites excluding steroid dienone is 7. The van der Waals surface area contributed by atoms with E-state index in [0.29, 0.717) is 24.4 Å². The average molecular weight is 319 g/mol. The van der Waals surface area contributed by atoms with Gasteiger partial charge in [0.1, 0.15) is 0 Å². The van der Waals surface area contributed by atoms with E-state index in [4.69, 9.17) is 4.74 Å². The van der Waals surface area contributed by atoms with Crippen molar-refractivity contribution in [3.8, 4) is 0 Å². The largest absolute Gasteiger partial charge is 0.463 e. The minimum Gasteiger partial charge on any atom is -0.463 e. The molecule has 3 atom stereocenters. The predicted octanol–water partition coefficient (Wildman–Crippen LogP) is 5.87. The predicted molar refractivity (Wildman–Crippen MR) is 100 cm³/mol. The molecule has 0 aliphatic carbocycles. The third-order valence-electron chi connectivity index (χ3n) is 3.71. The van der Waals surface area contributed by atoms with E-state index in [1.54, 1.807) is 13.0 Å². The lowest BCUT2D eigenvalue weighted by atomic mass is 9.93. The highest BCUT2D eigenvalue weighted by atomic mass is 16.5. The molecule has 130 valence electrons. The van der Waals surface area contributed by atoms with Gasteiger partial charge in [-0.3, -0.25) is 0 Å². The molecule has 0 saturated heterocycles. The molecule has 0 aliphatic heterocycles. The van der Waals surface area contributed by atoms with Crippen LogP contribution in [0.2, 0.25) is 0 Å². The van der Waals surface area contributed by atoms with Gasteiger partial charge in [0.15, 0.2) is 0 Å². The van der Waals surface area contributed by atoms with Crippen molar-refractivity contribution in [3.05, 3.63) is 48.6 Å². The van der Waals surface area contributed by atoms with Gasteiger partial charge >= 0.3 is 5.97 Å². The number of carbonyl (C=O) groups excluding carboxylic acids is 1. The van der Waals surface area contributed by atoms with Gasteiger partial charge < -0.3 is 4.74 Å². The van der Waals surface area contributed by atoms with E-state index < -0.39 is 0 Å². The molecule has 23 heavy (non-hydrogen) atoms. The summed E-state index contributed by atoms with van der Waals surface area (Å²) in [6.07, 6.45) is 19.4. The lowest BCUT2D eigenvalue weighted by Gasteiger charge is -2.12. The maximum atomic E-state index is 11.1. The molecule has 0 aromatic carbocycles. The van der Waals surface area contributed by atoms with Gasteiger partial charge in [0, 0.05) is 6.08 Å². The number of esters is 1. The van der Waals surface area contributed by atoms with E-state index in [2.05, 4.69) is 45.9 Å². The Labute approximate surface area is 143 Å². The maximum absolute atomic E-state index is 11.1. The van der Waals surface area contributed by atoms with Crippen molar-refractivity contribution in [1.29, 1.82) is 0 Å². The second-order valence-electron chi connectivity index (χ2n) is 6.25. The van der Waals surface area contributed by atoms with Crippen LogP contribution < -0.4 is 0 Å². The van der Waals surface area contributed by atoms with Gasteiger partial charge in [-0.2, -0.15) is 0 Å². The van der Waals surface area contributed by atoms with Gasteiger partial charge in [0.2, 0.25) is 0 Å². The Morgan fingerprint density at radius 1 is 0.957 bits per heavy atom. The summed E-state index contributed by atoms with van der Waals surface area (Å²) in [7, 11) is 0. The lowest BCUT2D eigenvalue weighted by molar-refractivity contribution is -0.137. The Balaban J connectivity index is 4.01. The zero-order valence-corrected chi connectivity index (χ0v) is 15.5. The van der Waals surface area contributed by atoms with Gasteiger partial charge in [0.25, 0.3) is 0 Å². The van der Waals surface area contributed by atoms with Crippen LogP contribution >= 0.6 is 0 Å². The molecule has 0 fully saturated rings. The molecule has 2 heteroatoms. The fourth-order valence-corrected chi connectivity index (χ4v) is 2.20. The molecular formula is C21H34O2. The van der Waals surface area contributed by atoms with Crippen molar-refractivity contribution in [2.24, 2.45) is 17.8 Å². The van der Waals surface area contributed by atoms with Crippen LogP contribution in [-0.4, -0.2) is 12.6 Å². The summed E-state index contributed by atoms with van der Waals surface area (Å²) in [5.74, 6) is 1.64. The van der Waals surface area contributed by atoms with Crippen LogP contribution in [0.4, 0.5) is 0 Å². The Bertz CT molecular complexity index is 416. The van der Waals surface area contributed by atoms with Crippen molar-refractivity contribution in [1.82, 2.24) is 0 Å². The molecular weight excluding hydrogens is 284 g/mol. The van der Waals surface area contributed by atoms with E-state index in [9.17, 15) is 4.79 Å². The fraction of sp³-hybridized carbons (Fsp3) is 0.571. The molecule has 0 bridgehead atoms. The molecule has 0 aliphatic rings. The molecule has 0 heterocycles. The molecule has 0 N–H and O–H groups in total. The monoisotopic (exact) mass is 318 g/mol. The normalized spacial score (nSPS) is 16.6. The number of ether oxygens (including phenoxy) is 1. The van der Waals surface area contributed by atoms with Gasteiger partial charge in [-0.05, 0) is 37.5 Å². The number of hydrogen-bond acceptors (Lipinski definition) is 2. The quantitative estimate of drug-likeness (QED) is 0.206. The summed E-state index contributed by atoms with van der Waals surface area (Å²) in [4.78, 5) is 11.1. The molecule has 2 nitrogen and oxygen atoms in total. The van der Waals surface area contributed by atoms with E-state index in [1.165, 1.54) is 18.9 Å². The van der Waals surface area contributed by atoms with Crippen molar-refractivity contribution in [2.45, 2.75) is 53.9 Å². The fourth-order valence-electron chi connectivity index (χ4n) is 2.20. The van der Waals surface area contributed by atoms with Crippen LogP contribution in [-0.2, 0) is 9.53 Å². The minimum atomic E-state index is -0.297. The summed E-state index contributed by atoms with van der Waals surface area (Å²) in [5, 5.41) is 0. The van der Waals surface area contributed by atoms with Crippen LogP contribution in [0.3, 0.4) is 0 Å². The third kappa shape index (κ3) is 13.8. The first kappa shape index (κ1) is 21.4. The summed E-state index contributed by atoms with van der Waals surface area (Å²) in [6, 6.07) is 0. The van der Waals surface area contributed by atoms with Crippen molar-refractivity contribution in [2.75, 3.05) is 6.61 Å². The van der Waals surface area contributed by atoms with E-state index in [1.807, 2.05) is 18.2 Å². The lowest BCUT2D eigenvalue weighted by Crippen LogP contribution is -2.00. The highest BCUT2D eigenvalue weighted by molar-refractivity contribution is 5.82. The second kappa shape index (κ2) is 14.0. The summed E-state index contributed by atoms with van der Waals surface area (Å²) in [5.41, 5.74) is 0. The first-order valence-corrected chi connectivity index (χ1v) is 8.84. The second-order valence-corrected chi connectivity index (χ2v) is 6.25. The van der Waals surface area contributed by atoms with Crippen LogP contribution in [0.5, 0.6) is 0 Å². The van der Waals surface area contributed by atoms with Gasteiger partial charge in [0.05, 0.1) is 6.61 Å². The molecule has 0 spiro atoms. The Morgan fingerprint density at radius 2 is 1.65 bits per heavy atom. The van der Waals surface area contributed by atoms with Gasteiger partial charge in [-0.25, -0.2) is 4.79 Å². The highest BCUT2D eigenvalue weighted by Crippen LogP contribution is 2.17. The zero-order valence-electron chi connectivity index (χ0n) is 15.5. The third-order valence-corrected chi connectivity index (χ3v) is 3.71. The first-order valence-electron chi connectivity index (χ1n) is 8.84. The van der Waals surface area contributed by atoms with Crippen molar-refractivity contribution in [3.63, 3.8) is 0 Å². The molecule has 0 aromatic rings. The van der Waals surface area contributed by atoms with Crippen LogP contribution in [0.25, 0.3) is 0 Å². The molecule has 0 unspecified atom stereocenters. The first-order chi connectivity index (χ1) is 11.0. The van der Waals surface area contributed by atoms with Crippen LogP contribution in [0.1, 0.15) is 53.9 Å². The standard InChI is InChI=1S/C21H34O2/c1-6-18(3)14-12-15-20(5)17-19(4)13-10-8-9-11-16-21(22)23-7-2/h8-14,16,18-20H,6-7,15,17H2,1-5H3/b9-8+,13-10+,14-12+,16-11+/t18-,19+,20+/m1/s1. The molecule has 0 saturated carbocycles. The minimum absolute atomic E-state index is 0.297.